The molecule has 20 heavy (non-hydrogen) atoms. The van der Waals surface area contributed by atoms with Crippen LogP contribution in [0.25, 0.3) is 0 Å². The van der Waals surface area contributed by atoms with Crippen LogP contribution in [0.3, 0.4) is 0 Å². The minimum atomic E-state index is 0.147. The first-order chi connectivity index (χ1) is 9.69. The number of pyridine rings is 1. The van der Waals surface area contributed by atoms with Crippen LogP contribution in [0.2, 0.25) is 0 Å². The van der Waals surface area contributed by atoms with Gasteiger partial charge in [0.15, 0.2) is 0 Å². The molecule has 3 rings (SSSR count). The zero-order chi connectivity index (χ0) is 14.1. The fourth-order valence-corrected chi connectivity index (χ4v) is 4.24. The van der Waals surface area contributed by atoms with E-state index in [1.54, 1.807) is 0 Å². The lowest BCUT2D eigenvalue weighted by atomic mass is 10.1. The number of nitrogen functional groups attached to an aromatic ring is 1. The molecule has 0 bridgehead atoms. The largest absolute Gasteiger partial charge is 0.384 e. The van der Waals surface area contributed by atoms with Crippen molar-refractivity contribution in [1.29, 1.82) is 5.41 Å². The van der Waals surface area contributed by atoms with Crippen molar-refractivity contribution >= 4 is 23.4 Å². The molecule has 5 heteroatoms. The van der Waals surface area contributed by atoms with E-state index in [1.165, 1.54) is 24.1 Å². The molecule has 1 aromatic heterocycles. The first-order valence-corrected chi connectivity index (χ1v) is 8.47. The summed E-state index contributed by atoms with van der Waals surface area (Å²) in [6.07, 6.45) is 4.51. The molecule has 0 spiro atoms. The Bertz CT molecular complexity index is 529. The number of aryl methyl sites for hydroxylation is 2. The van der Waals surface area contributed by atoms with Gasteiger partial charge in [-0.15, -0.1) is 0 Å². The minimum absolute atomic E-state index is 0.147. The number of rotatable bonds is 3. The summed E-state index contributed by atoms with van der Waals surface area (Å²) in [5, 5.41) is 8.52. The molecule has 1 aliphatic heterocycles. The van der Waals surface area contributed by atoms with Gasteiger partial charge in [0.1, 0.15) is 11.7 Å². The molecule has 108 valence electrons. The molecule has 1 atom stereocenters. The first kappa shape index (κ1) is 13.7. The van der Waals surface area contributed by atoms with Gasteiger partial charge >= 0.3 is 0 Å². The van der Waals surface area contributed by atoms with E-state index in [9.17, 15) is 0 Å². The van der Waals surface area contributed by atoms with Crippen molar-refractivity contribution in [2.75, 3.05) is 23.7 Å². The molecule has 1 unspecified atom stereocenters. The molecule has 0 radical (unpaired) electrons. The molecule has 4 nitrogen and oxygen atoms in total. The Morgan fingerprint density at radius 2 is 2.40 bits per heavy atom. The Kier molecular flexibility index (Phi) is 3.87. The van der Waals surface area contributed by atoms with Gasteiger partial charge < -0.3 is 10.6 Å². The van der Waals surface area contributed by atoms with E-state index in [0.717, 1.165) is 43.1 Å². The van der Waals surface area contributed by atoms with Crippen LogP contribution < -0.4 is 10.6 Å². The fourth-order valence-electron chi connectivity index (χ4n) is 3.06. The van der Waals surface area contributed by atoms with Gasteiger partial charge in [-0.3, -0.25) is 5.41 Å². The lowest BCUT2D eigenvalue weighted by Crippen LogP contribution is -2.39. The molecule has 1 aliphatic carbocycles. The van der Waals surface area contributed by atoms with Crippen LogP contribution in [0.4, 0.5) is 5.82 Å². The van der Waals surface area contributed by atoms with Gasteiger partial charge in [-0.1, -0.05) is 6.92 Å². The number of nitrogens with zero attached hydrogens (tertiary/aromatic N) is 2. The van der Waals surface area contributed by atoms with Gasteiger partial charge in [0.05, 0.1) is 5.56 Å². The Balaban J connectivity index is 1.97. The Morgan fingerprint density at radius 3 is 3.15 bits per heavy atom. The van der Waals surface area contributed by atoms with Crippen molar-refractivity contribution in [1.82, 2.24) is 4.98 Å². The maximum atomic E-state index is 7.86. The number of aromatic nitrogens is 1. The summed E-state index contributed by atoms with van der Waals surface area (Å²) in [6, 6.07) is 2.11. The lowest BCUT2D eigenvalue weighted by molar-refractivity contribution is 0.717. The molecule has 1 saturated heterocycles. The number of amidine groups is 1. The Hall–Kier alpha value is -1.23. The van der Waals surface area contributed by atoms with E-state index in [-0.39, 0.29) is 5.84 Å². The van der Waals surface area contributed by atoms with Gasteiger partial charge in [0.25, 0.3) is 0 Å². The third kappa shape index (κ3) is 2.51. The second-order valence-corrected chi connectivity index (χ2v) is 6.99. The Labute approximate surface area is 124 Å². The third-order valence-electron chi connectivity index (χ3n) is 4.21. The van der Waals surface area contributed by atoms with Crippen molar-refractivity contribution in [2.45, 2.75) is 37.9 Å². The third-order valence-corrected chi connectivity index (χ3v) is 5.59. The molecule has 1 fully saturated rings. The highest BCUT2D eigenvalue weighted by molar-refractivity contribution is 8.00. The van der Waals surface area contributed by atoms with Crippen LogP contribution in [0, 0.1) is 5.41 Å². The summed E-state index contributed by atoms with van der Waals surface area (Å²) in [5.41, 5.74) is 9.13. The highest BCUT2D eigenvalue weighted by atomic mass is 32.2. The lowest BCUT2D eigenvalue weighted by Gasteiger charge is -2.34. The van der Waals surface area contributed by atoms with E-state index in [0.29, 0.717) is 5.25 Å². The molecule has 1 aromatic rings. The van der Waals surface area contributed by atoms with E-state index < -0.39 is 0 Å². The molecule has 2 aliphatic rings. The molecule has 0 saturated carbocycles. The average Bonchev–Trinajstić information content (AvgIpc) is 2.93. The summed E-state index contributed by atoms with van der Waals surface area (Å²) < 4.78 is 0. The van der Waals surface area contributed by atoms with Crippen molar-refractivity contribution in [3.05, 3.63) is 22.9 Å². The fraction of sp³-hybridized carbons (Fsp3) is 0.600. The molecular weight excluding hydrogens is 268 g/mol. The Morgan fingerprint density at radius 1 is 1.55 bits per heavy atom. The SMILES string of the molecule is CCC1CN(c2nc3c(cc2C(=N)N)CCC3)CCS1. The van der Waals surface area contributed by atoms with Crippen LogP contribution >= 0.6 is 11.8 Å². The zero-order valence-corrected chi connectivity index (χ0v) is 12.8. The zero-order valence-electron chi connectivity index (χ0n) is 12.0. The quantitative estimate of drug-likeness (QED) is 0.661. The van der Waals surface area contributed by atoms with Crippen LogP contribution in [-0.2, 0) is 12.8 Å². The van der Waals surface area contributed by atoms with Gasteiger partial charge in [-0.05, 0) is 37.3 Å². The number of anilines is 1. The maximum absolute atomic E-state index is 7.86. The van der Waals surface area contributed by atoms with Crippen molar-refractivity contribution in [2.24, 2.45) is 5.73 Å². The number of nitrogens with two attached hydrogens (primary N) is 1. The highest BCUT2D eigenvalue weighted by Gasteiger charge is 2.25. The van der Waals surface area contributed by atoms with Gasteiger partial charge in [0, 0.05) is 29.8 Å². The van der Waals surface area contributed by atoms with Gasteiger partial charge in [0.2, 0.25) is 0 Å². The smallest absolute Gasteiger partial charge is 0.139 e. The van der Waals surface area contributed by atoms with E-state index >= 15 is 0 Å². The van der Waals surface area contributed by atoms with Crippen LogP contribution in [0.5, 0.6) is 0 Å². The monoisotopic (exact) mass is 290 g/mol. The minimum Gasteiger partial charge on any atom is -0.384 e. The summed E-state index contributed by atoms with van der Waals surface area (Å²) in [6.45, 7) is 4.27. The molecule has 3 N–H and O–H groups in total. The number of thioether (sulfide) groups is 1. The summed E-state index contributed by atoms with van der Waals surface area (Å²) in [4.78, 5) is 7.20. The van der Waals surface area contributed by atoms with E-state index in [4.69, 9.17) is 16.1 Å². The molecule has 0 amide bonds. The van der Waals surface area contributed by atoms with Crippen molar-refractivity contribution in [3.8, 4) is 0 Å². The summed E-state index contributed by atoms with van der Waals surface area (Å²) in [5.74, 6) is 2.22. The predicted molar refractivity (Wildman–Crippen MR) is 86.0 cm³/mol. The maximum Gasteiger partial charge on any atom is 0.139 e. The van der Waals surface area contributed by atoms with Crippen molar-refractivity contribution < 1.29 is 0 Å². The first-order valence-electron chi connectivity index (χ1n) is 7.42. The predicted octanol–water partition coefficient (Wildman–Crippen LogP) is 2.19. The molecular formula is C15H22N4S. The summed E-state index contributed by atoms with van der Waals surface area (Å²) >= 11 is 2.05. The van der Waals surface area contributed by atoms with E-state index in [2.05, 4.69) is 17.9 Å². The van der Waals surface area contributed by atoms with Crippen LogP contribution in [0.1, 0.15) is 36.6 Å². The van der Waals surface area contributed by atoms with Crippen molar-refractivity contribution in [3.63, 3.8) is 0 Å². The molecule has 0 aromatic carbocycles. The number of hydrogen-bond donors (Lipinski definition) is 2. The average molecular weight is 290 g/mol. The number of nitrogens with one attached hydrogen (secondary N) is 1. The van der Waals surface area contributed by atoms with Crippen LogP contribution in [0.15, 0.2) is 6.07 Å². The van der Waals surface area contributed by atoms with Gasteiger partial charge in [-0.2, -0.15) is 11.8 Å². The topological polar surface area (TPSA) is 66.0 Å². The van der Waals surface area contributed by atoms with E-state index in [1.807, 2.05) is 11.8 Å². The second-order valence-electron chi connectivity index (χ2n) is 5.58. The number of hydrogen-bond acceptors (Lipinski definition) is 4. The summed E-state index contributed by atoms with van der Waals surface area (Å²) in [7, 11) is 0. The second kappa shape index (κ2) is 5.64. The standard InChI is InChI=1S/C15H22N4S/c1-2-11-9-19(6-7-20-11)15-12(14(16)17)8-10-4-3-5-13(10)18-15/h8,11H,2-7,9H2,1H3,(H3,16,17). The normalized spacial score (nSPS) is 21.9. The van der Waals surface area contributed by atoms with Crippen LogP contribution in [-0.4, -0.2) is 34.9 Å². The molecule has 2 heterocycles. The highest BCUT2D eigenvalue weighted by Crippen LogP contribution is 2.30. The van der Waals surface area contributed by atoms with Gasteiger partial charge in [-0.25, -0.2) is 4.98 Å². The number of fused-ring (bicyclic) bond motifs is 1.